The number of hydrogen-bond donors (Lipinski definition) is 3. The van der Waals surface area contributed by atoms with Crippen molar-refractivity contribution in [3.8, 4) is 0 Å². The van der Waals surface area contributed by atoms with Gasteiger partial charge in [0.2, 0.25) is 0 Å². The molecule has 0 saturated heterocycles. The topological polar surface area (TPSA) is 104 Å². The zero-order valence-corrected chi connectivity index (χ0v) is 11.8. The first kappa shape index (κ1) is 15.4. The Morgan fingerprint density at radius 2 is 2.26 bits per heavy atom. The van der Waals surface area contributed by atoms with Gasteiger partial charge in [0.15, 0.2) is 0 Å². The van der Waals surface area contributed by atoms with Crippen molar-refractivity contribution in [3.63, 3.8) is 0 Å². The van der Waals surface area contributed by atoms with Crippen molar-refractivity contribution in [2.24, 2.45) is 0 Å². The van der Waals surface area contributed by atoms with Gasteiger partial charge in [-0.2, -0.15) is 0 Å². The number of amides is 2. The molecule has 0 spiro atoms. The van der Waals surface area contributed by atoms with E-state index in [1.54, 1.807) is 0 Å². The van der Waals surface area contributed by atoms with Crippen LogP contribution in [0.3, 0.4) is 0 Å². The van der Waals surface area contributed by atoms with Gasteiger partial charge in [0.25, 0.3) is 5.69 Å². The molecule has 19 heavy (non-hydrogen) atoms. The Labute approximate surface area is 118 Å². The number of benzene rings is 1. The molecule has 0 aliphatic heterocycles. The third kappa shape index (κ3) is 4.49. The maximum Gasteiger partial charge on any atom is 0.319 e. The summed E-state index contributed by atoms with van der Waals surface area (Å²) in [4.78, 5) is 21.8. The number of rotatable bonds is 5. The Bertz CT molecular complexity index is 477. The van der Waals surface area contributed by atoms with E-state index >= 15 is 0 Å². The molecule has 1 aromatic carbocycles. The van der Waals surface area contributed by atoms with Crippen LogP contribution in [0.5, 0.6) is 0 Å². The highest BCUT2D eigenvalue weighted by Crippen LogP contribution is 2.27. The highest BCUT2D eigenvalue weighted by Gasteiger charge is 2.14. The number of carbonyl (C=O) groups excluding carboxylic acids is 1. The molecule has 104 valence electrons. The number of hydrogen-bond acceptors (Lipinski definition) is 4. The number of nitrogens with one attached hydrogen (secondary N) is 2. The van der Waals surface area contributed by atoms with E-state index in [-0.39, 0.29) is 18.3 Å². The maximum atomic E-state index is 11.6. The minimum absolute atomic E-state index is 0.132. The third-order valence-corrected chi connectivity index (χ3v) is 3.12. The van der Waals surface area contributed by atoms with Gasteiger partial charge in [0.1, 0.15) is 0 Å². The maximum absolute atomic E-state index is 11.6. The van der Waals surface area contributed by atoms with Crippen molar-refractivity contribution in [2.45, 2.75) is 19.4 Å². The van der Waals surface area contributed by atoms with Crippen LogP contribution >= 0.6 is 15.9 Å². The smallest absolute Gasteiger partial charge is 0.319 e. The summed E-state index contributed by atoms with van der Waals surface area (Å²) in [6.45, 7) is 1.66. The zero-order chi connectivity index (χ0) is 14.4. The Morgan fingerprint density at radius 3 is 2.79 bits per heavy atom. The van der Waals surface area contributed by atoms with Crippen LogP contribution in [0.15, 0.2) is 22.7 Å². The molecule has 7 nitrogen and oxygen atoms in total. The number of halogens is 1. The van der Waals surface area contributed by atoms with E-state index in [9.17, 15) is 14.9 Å². The highest BCUT2D eigenvalue weighted by molar-refractivity contribution is 9.10. The quantitative estimate of drug-likeness (QED) is 0.568. The molecule has 0 aromatic heterocycles. The van der Waals surface area contributed by atoms with Gasteiger partial charge in [-0.25, -0.2) is 4.79 Å². The molecule has 1 rings (SSSR count). The van der Waals surface area contributed by atoms with Crippen LogP contribution < -0.4 is 10.6 Å². The summed E-state index contributed by atoms with van der Waals surface area (Å²) in [5, 5.41) is 24.7. The van der Waals surface area contributed by atoms with E-state index in [0.29, 0.717) is 16.6 Å². The second-order valence-electron chi connectivity index (χ2n) is 3.81. The predicted octanol–water partition coefficient (Wildman–Crippen LogP) is 2.25. The summed E-state index contributed by atoms with van der Waals surface area (Å²) in [5.74, 6) is 0. The van der Waals surface area contributed by atoms with Crippen LogP contribution in [0.2, 0.25) is 0 Å². The lowest BCUT2D eigenvalue weighted by Gasteiger charge is -2.14. The molecule has 0 heterocycles. The molecule has 2 amide bonds. The number of aliphatic hydroxyl groups excluding tert-OH is 1. The number of nitro benzene ring substituents is 1. The number of anilines is 1. The van der Waals surface area contributed by atoms with E-state index in [1.807, 2.05) is 6.92 Å². The third-order valence-electron chi connectivity index (χ3n) is 2.45. The summed E-state index contributed by atoms with van der Waals surface area (Å²) < 4.78 is 0.338. The van der Waals surface area contributed by atoms with Gasteiger partial charge >= 0.3 is 6.03 Å². The second kappa shape index (κ2) is 7.05. The first-order valence-electron chi connectivity index (χ1n) is 5.60. The van der Waals surface area contributed by atoms with E-state index in [4.69, 9.17) is 5.11 Å². The van der Waals surface area contributed by atoms with Gasteiger partial charge in [0, 0.05) is 11.8 Å². The molecule has 0 aliphatic carbocycles. The fourth-order valence-electron chi connectivity index (χ4n) is 1.36. The summed E-state index contributed by atoms with van der Waals surface area (Å²) >= 11 is 3.06. The van der Waals surface area contributed by atoms with Gasteiger partial charge in [-0.1, -0.05) is 6.92 Å². The standard InChI is InChI=1S/C11H14BrN3O4/c1-2-7(6-16)13-11(17)14-8-3-4-9(12)10(5-8)15(18)19/h3-5,7,16H,2,6H2,1H3,(H2,13,14,17). The first-order chi connectivity index (χ1) is 8.97. The number of carbonyl (C=O) groups is 1. The Kier molecular flexibility index (Phi) is 5.71. The molecule has 1 aromatic rings. The van der Waals surface area contributed by atoms with E-state index in [0.717, 1.165) is 0 Å². The van der Waals surface area contributed by atoms with Crippen molar-refractivity contribution in [1.29, 1.82) is 0 Å². The minimum Gasteiger partial charge on any atom is -0.394 e. The average Bonchev–Trinajstić information content (AvgIpc) is 2.37. The molecule has 0 radical (unpaired) electrons. The molecule has 1 unspecified atom stereocenters. The first-order valence-corrected chi connectivity index (χ1v) is 6.39. The molecule has 0 saturated carbocycles. The van der Waals surface area contributed by atoms with E-state index in [1.165, 1.54) is 18.2 Å². The van der Waals surface area contributed by atoms with Gasteiger partial charge < -0.3 is 15.7 Å². The lowest BCUT2D eigenvalue weighted by Crippen LogP contribution is -2.39. The monoisotopic (exact) mass is 331 g/mol. The highest BCUT2D eigenvalue weighted by atomic mass is 79.9. The lowest BCUT2D eigenvalue weighted by atomic mass is 10.2. The molecule has 8 heteroatoms. The molecule has 0 fully saturated rings. The van der Waals surface area contributed by atoms with Crippen LogP contribution in [0.4, 0.5) is 16.2 Å². The van der Waals surface area contributed by atoms with Gasteiger partial charge in [-0.3, -0.25) is 10.1 Å². The van der Waals surface area contributed by atoms with Crippen LogP contribution in [-0.4, -0.2) is 28.7 Å². The van der Waals surface area contributed by atoms with Crippen LogP contribution in [0.25, 0.3) is 0 Å². The fourth-order valence-corrected chi connectivity index (χ4v) is 1.75. The van der Waals surface area contributed by atoms with Gasteiger partial charge in [-0.05, 0) is 34.5 Å². The largest absolute Gasteiger partial charge is 0.394 e. The van der Waals surface area contributed by atoms with Gasteiger partial charge in [0.05, 0.1) is 22.0 Å². The molecule has 0 aliphatic rings. The van der Waals surface area contributed by atoms with Gasteiger partial charge in [-0.15, -0.1) is 0 Å². The van der Waals surface area contributed by atoms with Crippen molar-refractivity contribution < 1.29 is 14.8 Å². The molecule has 1 atom stereocenters. The number of urea groups is 1. The molecule has 3 N–H and O–H groups in total. The molecular formula is C11H14BrN3O4. The SMILES string of the molecule is CCC(CO)NC(=O)Nc1ccc(Br)c([N+](=O)[O-])c1. The summed E-state index contributed by atoms with van der Waals surface area (Å²) in [5.41, 5.74) is 0.173. The Morgan fingerprint density at radius 1 is 1.58 bits per heavy atom. The fraction of sp³-hybridized carbons (Fsp3) is 0.364. The Balaban J connectivity index is 2.74. The van der Waals surface area contributed by atoms with Crippen molar-refractivity contribution in [2.75, 3.05) is 11.9 Å². The predicted molar refractivity (Wildman–Crippen MR) is 74.1 cm³/mol. The van der Waals surface area contributed by atoms with E-state index < -0.39 is 11.0 Å². The van der Waals surface area contributed by atoms with E-state index in [2.05, 4.69) is 26.6 Å². The average molecular weight is 332 g/mol. The number of nitro groups is 1. The zero-order valence-electron chi connectivity index (χ0n) is 10.2. The summed E-state index contributed by atoms with van der Waals surface area (Å²) in [6.07, 6.45) is 0.588. The summed E-state index contributed by atoms with van der Waals surface area (Å²) in [6, 6.07) is 3.42. The van der Waals surface area contributed by atoms with Crippen LogP contribution in [0.1, 0.15) is 13.3 Å². The molecular weight excluding hydrogens is 318 g/mol. The van der Waals surface area contributed by atoms with Crippen molar-refractivity contribution >= 4 is 33.3 Å². The molecule has 0 bridgehead atoms. The van der Waals surface area contributed by atoms with Crippen LogP contribution in [-0.2, 0) is 0 Å². The normalized spacial score (nSPS) is 11.7. The Hall–Kier alpha value is -1.67. The second-order valence-corrected chi connectivity index (χ2v) is 4.66. The summed E-state index contributed by atoms with van der Waals surface area (Å²) in [7, 11) is 0. The van der Waals surface area contributed by atoms with Crippen LogP contribution in [0, 0.1) is 10.1 Å². The number of aliphatic hydroxyl groups is 1. The van der Waals surface area contributed by atoms with Crippen molar-refractivity contribution in [3.05, 3.63) is 32.8 Å². The number of nitrogens with zero attached hydrogens (tertiary/aromatic N) is 1. The minimum atomic E-state index is -0.546. The van der Waals surface area contributed by atoms with Crippen molar-refractivity contribution in [1.82, 2.24) is 5.32 Å². The lowest BCUT2D eigenvalue weighted by molar-refractivity contribution is -0.385.